The minimum absolute atomic E-state index is 0.253. The van der Waals surface area contributed by atoms with Crippen LogP contribution in [0.25, 0.3) is 10.4 Å². The van der Waals surface area contributed by atoms with E-state index in [1.54, 1.807) is 25.1 Å². The Morgan fingerprint density at radius 1 is 1.52 bits per heavy atom. The highest BCUT2D eigenvalue weighted by Crippen LogP contribution is 2.29. The Morgan fingerprint density at radius 3 is 2.81 bits per heavy atom. The van der Waals surface area contributed by atoms with Gasteiger partial charge < -0.3 is 4.74 Å². The van der Waals surface area contributed by atoms with Gasteiger partial charge in [-0.25, -0.2) is 9.18 Å². The fraction of sp³-hybridized carbons (Fsp3) is 0.500. The molecule has 21 heavy (non-hydrogen) atoms. The summed E-state index contributed by atoms with van der Waals surface area (Å²) < 4.78 is 18.9. The van der Waals surface area contributed by atoms with Gasteiger partial charge in [0.1, 0.15) is 11.4 Å². The van der Waals surface area contributed by atoms with Gasteiger partial charge in [0.15, 0.2) is 0 Å². The Morgan fingerprint density at radius 2 is 2.24 bits per heavy atom. The number of methoxy groups -OCH3 is 1. The summed E-state index contributed by atoms with van der Waals surface area (Å²) in [6.07, 6.45) is 0.874. The highest BCUT2D eigenvalue weighted by molar-refractivity contribution is 5.82. The first-order valence-electron chi connectivity index (χ1n) is 6.71. The van der Waals surface area contributed by atoms with E-state index >= 15 is 0 Å². The molecule has 0 aromatic heterocycles. The zero-order chi connectivity index (χ0) is 15.7. The second-order valence-corrected chi connectivity index (χ2v) is 4.47. The second kappa shape index (κ2) is 8.24. The molecule has 0 spiro atoms. The van der Waals surface area contributed by atoms with Gasteiger partial charge in [-0.1, -0.05) is 30.2 Å². The number of nitrogens with zero attached hydrogens (tertiary/aromatic N) is 3. The third kappa shape index (κ3) is 3.93. The number of hydrogen-bond donors (Lipinski definition) is 1. The summed E-state index contributed by atoms with van der Waals surface area (Å²) in [4.78, 5) is 14.9. The summed E-state index contributed by atoms with van der Waals surface area (Å²) >= 11 is 0. The molecule has 1 unspecified atom stereocenters. The summed E-state index contributed by atoms with van der Waals surface area (Å²) in [6, 6.07) is 6.12. The van der Waals surface area contributed by atoms with Gasteiger partial charge >= 0.3 is 5.97 Å². The van der Waals surface area contributed by atoms with Gasteiger partial charge in [0.25, 0.3) is 0 Å². The highest BCUT2D eigenvalue weighted by Gasteiger charge is 2.41. The van der Waals surface area contributed by atoms with Crippen molar-refractivity contribution in [2.24, 2.45) is 5.11 Å². The Bertz CT molecular complexity index is 531. The van der Waals surface area contributed by atoms with Crippen LogP contribution in [0, 0.1) is 5.82 Å². The quantitative estimate of drug-likeness (QED) is 0.263. The summed E-state index contributed by atoms with van der Waals surface area (Å²) in [5.41, 5.74) is 7.24. The van der Waals surface area contributed by atoms with E-state index in [1.807, 2.05) is 0 Å². The lowest BCUT2D eigenvalue weighted by Gasteiger charge is -2.32. The van der Waals surface area contributed by atoms with Crippen LogP contribution in [0.1, 0.15) is 25.3 Å². The lowest BCUT2D eigenvalue weighted by molar-refractivity contribution is -0.149. The summed E-state index contributed by atoms with van der Waals surface area (Å²) in [7, 11) is 1.27. The molecule has 1 aromatic carbocycles. The van der Waals surface area contributed by atoms with Crippen molar-refractivity contribution in [3.05, 3.63) is 46.1 Å². The summed E-state index contributed by atoms with van der Waals surface area (Å²) in [5, 5.41) is 6.47. The van der Waals surface area contributed by atoms with Gasteiger partial charge in [-0.2, -0.15) is 0 Å². The lowest BCUT2D eigenvalue weighted by Crippen LogP contribution is -2.50. The number of esters is 1. The third-order valence-electron chi connectivity index (χ3n) is 3.32. The van der Waals surface area contributed by atoms with Gasteiger partial charge in [0, 0.05) is 17.0 Å². The van der Waals surface area contributed by atoms with E-state index in [-0.39, 0.29) is 5.56 Å². The average Bonchev–Trinajstić information content (AvgIpc) is 2.51. The number of ether oxygens (including phenoxy) is 1. The third-order valence-corrected chi connectivity index (χ3v) is 3.32. The fourth-order valence-corrected chi connectivity index (χ4v) is 2.21. The van der Waals surface area contributed by atoms with Crippen molar-refractivity contribution in [3.8, 4) is 0 Å². The monoisotopic (exact) mass is 294 g/mol. The van der Waals surface area contributed by atoms with Gasteiger partial charge in [0.2, 0.25) is 0 Å². The zero-order valence-electron chi connectivity index (χ0n) is 12.2. The smallest absolute Gasteiger partial charge is 0.330 e. The maximum absolute atomic E-state index is 14.1. The lowest BCUT2D eigenvalue weighted by atomic mass is 9.86. The van der Waals surface area contributed by atoms with Crippen LogP contribution < -0.4 is 5.32 Å². The van der Waals surface area contributed by atoms with Gasteiger partial charge in [-0.05, 0) is 31.0 Å². The topological polar surface area (TPSA) is 87.1 Å². The van der Waals surface area contributed by atoms with Crippen LogP contribution in [0.5, 0.6) is 0 Å². The molecule has 7 heteroatoms. The van der Waals surface area contributed by atoms with Crippen molar-refractivity contribution >= 4 is 5.97 Å². The number of halogens is 1. The van der Waals surface area contributed by atoms with E-state index in [2.05, 4.69) is 15.3 Å². The van der Waals surface area contributed by atoms with Crippen molar-refractivity contribution in [2.75, 3.05) is 20.2 Å². The molecular weight excluding hydrogens is 275 g/mol. The first-order chi connectivity index (χ1) is 10.1. The van der Waals surface area contributed by atoms with Crippen molar-refractivity contribution in [3.63, 3.8) is 0 Å². The Labute approximate surface area is 122 Å². The van der Waals surface area contributed by atoms with E-state index in [0.29, 0.717) is 25.9 Å². The number of rotatable bonds is 8. The van der Waals surface area contributed by atoms with Crippen LogP contribution in [-0.2, 0) is 15.1 Å². The number of carbonyl (C=O) groups is 1. The zero-order valence-corrected chi connectivity index (χ0v) is 12.2. The molecule has 0 aliphatic rings. The first kappa shape index (κ1) is 16.9. The largest absolute Gasteiger partial charge is 0.467 e. The summed E-state index contributed by atoms with van der Waals surface area (Å²) in [5.74, 6) is -1.01. The summed E-state index contributed by atoms with van der Waals surface area (Å²) in [6.45, 7) is 2.49. The SMILES string of the molecule is CCC(NCCCN=[N+]=[N-])(C(=O)OC)c1ccccc1F. The van der Waals surface area contributed by atoms with Crippen LogP contribution in [0.15, 0.2) is 29.4 Å². The number of azide groups is 1. The maximum atomic E-state index is 14.1. The Hall–Kier alpha value is -2.11. The minimum Gasteiger partial charge on any atom is -0.467 e. The minimum atomic E-state index is -1.24. The van der Waals surface area contributed by atoms with Crippen LogP contribution in [0.2, 0.25) is 0 Å². The van der Waals surface area contributed by atoms with Crippen LogP contribution in [0.4, 0.5) is 4.39 Å². The van der Waals surface area contributed by atoms with Crippen LogP contribution in [0.3, 0.4) is 0 Å². The number of carbonyl (C=O) groups excluding carboxylic acids is 1. The molecule has 0 aliphatic carbocycles. The molecule has 0 fully saturated rings. The maximum Gasteiger partial charge on any atom is 0.330 e. The molecule has 0 bridgehead atoms. The normalized spacial score (nSPS) is 13.1. The average molecular weight is 294 g/mol. The van der Waals surface area contributed by atoms with Gasteiger partial charge in [0.05, 0.1) is 7.11 Å². The van der Waals surface area contributed by atoms with Crippen molar-refractivity contribution < 1.29 is 13.9 Å². The van der Waals surface area contributed by atoms with E-state index in [0.717, 1.165) is 0 Å². The molecule has 0 aliphatic heterocycles. The fourth-order valence-electron chi connectivity index (χ4n) is 2.21. The van der Waals surface area contributed by atoms with Gasteiger partial charge in [-0.3, -0.25) is 5.32 Å². The highest BCUT2D eigenvalue weighted by atomic mass is 19.1. The number of hydrogen-bond acceptors (Lipinski definition) is 4. The molecule has 0 heterocycles. The molecule has 1 atom stereocenters. The molecular formula is C14H19FN4O2. The van der Waals surface area contributed by atoms with Crippen molar-refractivity contribution in [2.45, 2.75) is 25.3 Å². The van der Waals surface area contributed by atoms with E-state index in [4.69, 9.17) is 10.3 Å². The van der Waals surface area contributed by atoms with Crippen molar-refractivity contribution in [1.29, 1.82) is 0 Å². The number of nitrogens with one attached hydrogen (secondary N) is 1. The van der Waals surface area contributed by atoms with Gasteiger partial charge in [-0.15, -0.1) is 0 Å². The van der Waals surface area contributed by atoms with Crippen LogP contribution >= 0.6 is 0 Å². The molecule has 1 N–H and O–H groups in total. The second-order valence-electron chi connectivity index (χ2n) is 4.47. The predicted octanol–water partition coefficient (Wildman–Crippen LogP) is 2.89. The number of benzene rings is 1. The van der Waals surface area contributed by atoms with E-state index in [1.165, 1.54) is 13.2 Å². The van der Waals surface area contributed by atoms with Crippen LogP contribution in [-0.4, -0.2) is 26.2 Å². The predicted molar refractivity (Wildman–Crippen MR) is 77.0 cm³/mol. The molecule has 0 saturated carbocycles. The molecule has 0 radical (unpaired) electrons. The molecule has 1 rings (SSSR count). The first-order valence-corrected chi connectivity index (χ1v) is 6.71. The molecule has 6 nitrogen and oxygen atoms in total. The standard InChI is InChI=1S/C14H19FN4O2/c1-3-14(13(20)21-2,17-9-6-10-18-19-16)11-7-4-5-8-12(11)15/h4-5,7-8,17H,3,6,9-10H2,1-2H3. The molecule has 0 amide bonds. The molecule has 0 saturated heterocycles. The van der Waals surface area contributed by atoms with Crippen molar-refractivity contribution in [1.82, 2.24) is 5.32 Å². The Kier molecular flexibility index (Phi) is 6.65. The van der Waals surface area contributed by atoms with E-state index in [9.17, 15) is 9.18 Å². The Balaban J connectivity index is 3.02. The molecule has 114 valence electrons. The van der Waals surface area contributed by atoms with E-state index < -0.39 is 17.3 Å². The molecule has 1 aromatic rings.